The number of hydrogen-bond donors (Lipinski definition) is 1. The van der Waals surface area contributed by atoms with Gasteiger partial charge in [0.2, 0.25) is 11.1 Å². The van der Waals surface area contributed by atoms with Crippen molar-refractivity contribution in [1.82, 2.24) is 20.2 Å². The highest BCUT2D eigenvalue weighted by Crippen LogP contribution is 2.25. The van der Waals surface area contributed by atoms with Crippen molar-refractivity contribution in [2.75, 3.05) is 5.32 Å². The van der Waals surface area contributed by atoms with E-state index < -0.39 is 0 Å². The molecule has 0 saturated heterocycles. The Balaban J connectivity index is 1.67. The third-order valence-corrected chi connectivity index (χ3v) is 5.29. The molecule has 27 heavy (non-hydrogen) atoms. The van der Waals surface area contributed by atoms with E-state index in [4.69, 9.17) is 11.6 Å². The summed E-state index contributed by atoms with van der Waals surface area (Å²) in [5, 5.41) is 15.5. The fraction of sp³-hybridized carbons (Fsp3) is 0.263. The molecule has 0 aliphatic rings. The van der Waals surface area contributed by atoms with Crippen molar-refractivity contribution in [2.45, 2.75) is 37.1 Å². The topological polar surface area (TPSA) is 72.7 Å². The van der Waals surface area contributed by atoms with E-state index in [2.05, 4.69) is 34.7 Å². The lowest BCUT2D eigenvalue weighted by atomic mass is 10.0. The van der Waals surface area contributed by atoms with Crippen molar-refractivity contribution in [2.24, 2.45) is 0 Å². The third-order valence-electron chi connectivity index (χ3n) is 4.01. The standard InChI is InChI=1S/C19H20ClN5OS/c1-12(2)14-4-8-16(9-5-14)21-18(26)13(3)27-19-22-23-24-25(19)17-10-6-15(20)7-11-17/h4-13H,1-3H3,(H,21,26)/t13-/m1/s1. The summed E-state index contributed by atoms with van der Waals surface area (Å²) in [6.07, 6.45) is 0. The van der Waals surface area contributed by atoms with Gasteiger partial charge in [0.1, 0.15) is 0 Å². The summed E-state index contributed by atoms with van der Waals surface area (Å²) in [5.74, 6) is 0.346. The second kappa shape index (κ2) is 8.54. The summed E-state index contributed by atoms with van der Waals surface area (Å²) in [7, 11) is 0. The number of thioether (sulfide) groups is 1. The van der Waals surface area contributed by atoms with Crippen molar-refractivity contribution in [3.05, 3.63) is 59.1 Å². The van der Waals surface area contributed by atoms with E-state index in [9.17, 15) is 4.79 Å². The van der Waals surface area contributed by atoms with Crippen LogP contribution >= 0.6 is 23.4 Å². The van der Waals surface area contributed by atoms with Gasteiger partial charge in [-0.2, -0.15) is 4.68 Å². The number of carbonyl (C=O) groups excluding carboxylic acids is 1. The molecular formula is C19H20ClN5OS. The number of anilines is 1. The molecule has 0 aliphatic carbocycles. The summed E-state index contributed by atoms with van der Waals surface area (Å²) in [6, 6.07) is 15.1. The molecule has 1 aromatic heterocycles. The number of hydrogen-bond acceptors (Lipinski definition) is 5. The fourth-order valence-corrected chi connectivity index (χ4v) is 3.34. The minimum Gasteiger partial charge on any atom is -0.325 e. The molecule has 1 atom stereocenters. The molecule has 0 unspecified atom stereocenters. The molecule has 2 aromatic carbocycles. The van der Waals surface area contributed by atoms with Crippen molar-refractivity contribution < 1.29 is 4.79 Å². The number of carbonyl (C=O) groups is 1. The van der Waals surface area contributed by atoms with Crippen molar-refractivity contribution in [1.29, 1.82) is 0 Å². The first-order valence-electron chi connectivity index (χ1n) is 8.56. The largest absolute Gasteiger partial charge is 0.325 e. The zero-order valence-corrected chi connectivity index (χ0v) is 16.8. The molecule has 0 aliphatic heterocycles. The molecule has 6 nitrogen and oxygen atoms in total. The second-order valence-corrected chi connectivity index (χ2v) is 8.12. The van der Waals surface area contributed by atoms with Crippen LogP contribution in [0.1, 0.15) is 32.3 Å². The Morgan fingerprint density at radius 1 is 1.07 bits per heavy atom. The summed E-state index contributed by atoms with van der Waals surface area (Å²) in [6.45, 7) is 6.09. The van der Waals surface area contributed by atoms with Gasteiger partial charge in [-0.3, -0.25) is 4.79 Å². The van der Waals surface area contributed by atoms with Gasteiger partial charge in [-0.15, -0.1) is 5.10 Å². The van der Waals surface area contributed by atoms with Crippen LogP contribution in [0.25, 0.3) is 5.69 Å². The average molecular weight is 402 g/mol. The number of nitrogens with one attached hydrogen (secondary N) is 1. The van der Waals surface area contributed by atoms with Gasteiger partial charge in [0, 0.05) is 10.7 Å². The fourth-order valence-electron chi connectivity index (χ4n) is 2.40. The monoisotopic (exact) mass is 401 g/mol. The maximum Gasteiger partial charge on any atom is 0.237 e. The van der Waals surface area contributed by atoms with Crippen molar-refractivity contribution in [3.8, 4) is 5.69 Å². The van der Waals surface area contributed by atoms with E-state index in [1.165, 1.54) is 17.3 Å². The normalized spacial score (nSPS) is 12.2. The van der Waals surface area contributed by atoms with Crippen LogP contribution in [0.4, 0.5) is 5.69 Å². The van der Waals surface area contributed by atoms with Crippen LogP contribution in [-0.4, -0.2) is 31.4 Å². The Kier molecular flexibility index (Phi) is 6.13. The molecule has 140 valence electrons. The van der Waals surface area contributed by atoms with Crippen molar-refractivity contribution >= 4 is 35.0 Å². The predicted molar refractivity (Wildman–Crippen MR) is 109 cm³/mol. The molecular weight excluding hydrogens is 382 g/mol. The maximum atomic E-state index is 12.5. The molecule has 0 radical (unpaired) electrons. The van der Waals surface area contributed by atoms with Gasteiger partial charge in [0.25, 0.3) is 0 Å². The average Bonchev–Trinajstić information content (AvgIpc) is 3.10. The van der Waals surface area contributed by atoms with Gasteiger partial charge < -0.3 is 5.32 Å². The van der Waals surface area contributed by atoms with E-state index in [1.807, 2.05) is 43.3 Å². The first-order valence-corrected chi connectivity index (χ1v) is 9.81. The van der Waals surface area contributed by atoms with Gasteiger partial charge in [-0.05, 0) is 65.2 Å². The Labute approximate surface area is 167 Å². The second-order valence-electron chi connectivity index (χ2n) is 6.38. The van der Waals surface area contributed by atoms with Gasteiger partial charge in [-0.1, -0.05) is 49.3 Å². The van der Waals surface area contributed by atoms with Gasteiger partial charge in [-0.25, -0.2) is 0 Å². The molecule has 3 aromatic rings. The molecule has 0 spiro atoms. The smallest absolute Gasteiger partial charge is 0.237 e. The molecule has 3 rings (SSSR count). The molecule has 1 heterocycles. The van der Waals surface area contributed by atoms with Gasteiger partial charge >= 0.3 is 0 Å². The van der Waals surface area contributed by atoms with Crippen LogP contribution in [0.3, 0.4) is 0 Å². The molecule has 0 saturated carbocycles. The van der Waals surface area contributed by atoms with E-state index in [-0.39, 0.29) is 11.2 Å². The van der Waals surface area contributed by atoms with Crippen LogP contribution < -0.4 is 5.32 Å². The third kappa shape index (κ3) is 4.87. The molecule has 0 bridgehead atoms. The summed E-state index contributed by atoms with van der Waals surface area (Å²) < 4.78 is 1.59. The SMILES string of the molecule is CC(C)c1ccc(NC(=O)[C@@H](C)Sc2nnnn2-c2ccc(Cl)cc2)cc1. The van der Waals surface area contributed by atoms with E-state index in [0.717, 1.165) is 11.4 Å². The zero-order chi connectivity index (χ0) is 19.4. The molecule has 0 fully saturated rings. The van der Waals surface area contributed by atoms with Crippen LogP contribution in [0, 0.1) is 0 Å². The van der Waals surface area contributed by atoms with Crippen LogP contribution in [-0.2, 0) is 4.79 Å². The predicted octanol–water partition coefficient (Wildman–Crippen LogP) is 4.56. The van der Waals surface area contributed by atoms with E-state index >= 15 is 0 Å². The van der Waals surface area contributed by atoms with Crippen molar-refractivity contribution in [3.63, 3.8) is 0 Å². The lowest BCUT2D eigenvalue weighted by Crippen LogP contribution is -2.23. The Bertz CT molecular complexity index is 909. The molecule has 1 N–H and O–H groups in total. The van der Waals surface area contributed by atoms with E-state index in [0.29, 0.717) is 16.1 Å². The lowest BCUT2D eigenvalue weighted by molar-refractivity contribution is -0.115. The number of benzene rings is 2. The summed E-state index contributed by atoms with van der Waals surface area (Å²) in [4.78, 5) is 12.5. The first kappa shape index (κ1) is 19.4. The Morgan fingerprint density at radius 3 is 2.37 bits per heavy atom. The number of rotatable bonds is 6. The minimum absolute atomic E-state index is 0.108. The summed E-state index contributed by atoms with van der Waals surface area (Å²) >= 11 is 7.22. The van der Waals surface area contributed by atoms with E-state index in [1.54, 1.807) is 16.8 Å². The number of amides is 1. The zero-order valence-electron chi connectivity index (χ0n) is 15.3. The van der Waals surface area contributed by atoms with Crippen LogP contribution in [0.15, 0.2) is 53.7 Å². The lowest BCUT2D eigenvalue weighted by Gasteiger charge is -2.12. The Hall–Kier alpha value is -2.38. The number of tetrazole rings is 1. The maximum absolute atomic E-state index is 12.5. The highest BCUT2D eigenvalue weighted by Gasteiger charge is 2.19. The van der Waals surface area contributed by atoms with Crippen LogP contribution in [0.2, 0.25) is 5.02 Å². The first-order chi connectivity index (χ1) is 12.9. The minimum atomic E-state index is -0.369. The van der Waals surface area contributed by atoms with Gasteiger partial charge in [0.05, 0.1) is 10.9 Å². The number of aromatic nitrogens is 4. The number of halogens is 1. The quantitative estimate of drug-likeness (QED) is 0.613. The summed E-state index contributed by atoms with van der Waals surface area (Å²) in [5.41, 5.74) is 2.79. The molecule has 8 heteroatoms. The highest BCUT2D eigenvalue weighted by molar-refractivity contribution is 8.00. The molecule has 1 amide bonds. The Morgan fingerprint density at radius 2 is 1.74 bits per heavy atom. The number of nitrogens with zero attached hydrogens (tertiary/aromatic N) is 4. The highest BCUT2D eigenvalue weighted by atomic mass is 35.5. The van der Waals surface area contributed by atoms with Gasteiger partial charge in [0.15, 0.2) is 0 Å². The van der Waals surface area contributed by atoms with Crippen LogP contribution in [0.5, 0.6) is 0 Å².